The fourth-order valence-corrected chi connectivity index (χ4v) is 4.86. The van der Waals surface area contributed by atoms with Gasteiger partial charge in [0.15, 0.2) is 0 Å². The van der Waals surface area contributed by atoms with Crippen molar-refractivity contribution < 1.29 is 9.59 Å². The molecule has 1 amide bonds. The highest BCUT2D eigenvalue weighted by molar-refractivity contribution is 5.91. The monoisotopic (exact) mass is 249 g/mol. The molecule has 0 N–H and O–H groups in total. The Morgan fingerprint density at radius 2 is 1.72 bits per heavy atom. The summed E-state index contributed by atoms with van der Waals surface area (Å²) in [4.78, 5) is 26.9. The average Bonchev–Trinajstić information content (AvgIpc) is 2.36. The van der Waals surface area contributed by atoms with Crippen molar-refractivity contribution in [3.63, 3.8) is 0 Å². The standard InChI is InChI=1S/C15H23NO2/c1-3-16(4-2)14(18)15-7-10-5-11(8-15)13(17)12(6-10)9-15/h10-12H,3-9H2,1-2H3/t10?,11-,12+,15?. The molecule has 4 atom stereocenters. The van der Waals surface area contributed by atoms with Gasteiger partial charge in [0.25, 0.3) is 0 Å². The van der Waals surface area contributed by atoms with Crippen LogP contribution in [0.25, 0.3) is 0 Å². The van der Waals surface area contributed by atoms with Gasteiger partial charge in [-0.15, -0.1) is 0 Å². The zero-order chi connectivity index (χ0) is 12.9. The molecule has 4 rings (SSSR count). The normalized spacial score (nSPS) is 41.2. The Balaban J connectivity index is 1.88. The molecular weight excluding hydrogens is 226 g/mol. The summed E-state index contributed by atoms with van der Waals surface area (Å²) in [5.74, 6) is 1.85. The molecule has 100 valence electrons. The molecule has 0 radical (unpaired) electrons. The van der Waals surface area contributed by atoms with Gasteiger partial charge in [0.2, 0.25) is 5.91 Å². The lowest BCUT2D eigenvalue weighted by atomic mass is 9.48. The molecule has 0 aliphatic heterocycles. The van der Waals surface area contributed by atoms with Gasteiger partial charge < -0.3 is 4.90 Å². The number of carbonyl (C=O) groups is 2. The summed E-state index contributed by atoms with van der Waals surface area (Å²) in [6.45, 7) is 5.69. The van der Waals surface area contributed by atoms with Crippen molar-refractivity contribution in [2.24, 2.45) is 23.2 Å². The Hall–Kier alpha value is -0.860. The average molecular weight is 249 g/mol. The maximum absolute atomic E-state index is 12.8. The van der Waals surface area contributed by atoms with Gasteiger partial charge in [-0.2, -0.15) is 0 Å². The minimum atomic E-state index is -0.170. The fourth-order valence-electron chi connectivity index (χ4n) is 4.86. The smallest absolute Gasteiger partial charge is 0.228 e. The molecule has 3 nitrogen and oxygen atoms in total. The number of hydrogen-bond donors (Lipinski definition) is 0. The highest BCUT2D eigenvalue weighted by Gasteiger charge is 2.58. The Bertz CT molecular complexity index is 368. The molecule has 4 saturated carbocycles. The Labute approximate surface area is 109 Å². The van der Waals surface area contributed by atoms with Crippen molar-refractivity contribution in [1.82, 2.24) is 4.90 Å². The van der Waals surface area contributed by atoms with Crippen LogP contribution in [0.15, 0.2) is 0 Å². The Kier molecular flexibility index (Phi) is 2.76. The van der Waals surface area contributed by atoms with Gasteiger partial charge in [-0.3, -0.25) is 9.59 Å². The van der Waals surface area contributed by atoms with Gasteiger partial charge >= 0.3 is 0 Å². The molecule has 18 heavy (non-hydrogen) atoms. The van der Waals surface area contributed by atoms with Crippen LogP contribution in [-0.2, 0) is 9.59 Å². The molecule has 2 unspecified atom stereocenters. The molecule has 4 bridgehead atoms. The number of nitrogens with zero attached hydrogens (tertiary/aromatic N) is 1. The summed E-state index contributed by atoms with van der Waals surface area (Å²) < 4.78 is 0. The molecule has 0 aromatic carbocycles. The van der Waals surface area contributed by atoms with Crippen molar-refractivity contribution in [3.05, 3.63) is 0 Å². The number of rotatable bonds is 3. The maximum atomic E-state index is 12.8. The Morgan fingerprint density at radius 1 is 1.17 bits per heavy atom. The molecule has 4 aliphatic carbocycles. The predicted octanol–water partition coefficient (Wildman–Crippen LogP) is 2.25. The van der Waals surface area contributed by atoms with Crippen LogP contribution in [0.5, 0.6) is 0 Å². The van der Waals surface area contributed by atoms with Gasteiger partial charge in [0, 0.05) is 24.9 Å². The second kappa shape index (κ2) is 4.07. The topological polar surface area (TPSA) is 37.4 Å². The predicted molar refractivity (Wildman–Crippen MR) is 68.9 cm³/mol. The van der Waals surface area contributed by atoms with Gasteiger partial charge in [0.1, 0.15) is 5.78 Å². The number of ketones is 1. The minimum absolute atomic E-state index is 0.170. The lowest BCUT2D eigenvalue weighted by Crippen LogP contribution is -2.57. The second-order valence-corrected chi connectivity index (χ2v) is 6.50. The van der Waals surface area contributed by atoms with Crippen LogP contribution in [0.2, 0.25) is 0 Å². The van der Waals surface area contributed by atoms with Crippen LogP contribution in [0.3, 0.4) is 0 Å². The van der Waals surface area contributed by atoms with Crippen LogP contribution in [-0.4, -0.2) is 29.7 Å². The van der Waals surface area contributed by atoms with E-state index in [-0.39, 0.29) is 17.3 Å². The largest absolute Gasteiger partial charge is 0.343 e. The van der Waals surface area contributed by atoms with Crippen LogP contribution in [0.4, 0.5) is 0 Å². The first kappa shape index (κ1) is 12.2. The van der Waals surface area contributed by atoms with Crippen molar-refractivity contribution in [2.45, 2.75) is 46.0 Å². The van der Waals surface area contributed by atoms with Crippen molar-refractivity contribution in [2.75, 3.05) is 13.1 Å². The number of carbonyl (C=O) groups excluding carboxylic acids is 2. The SMILES string of the molecule is CCN(CC)C(=O)C12CC3C[C@H](C1)C(=O)[C@@H](C3)C2. The third-order valence-corrected chi connectivity index (χ3v) is 5.50. The van der Waals surface area contributed by atoms with E-state index in [0.29, 0.717) is 17.6 Å². The van der Waals surface area contributed by atoms with Crippen molar-refractivity contribution in [3.8, 4) is 0 Å². The quantitative estimate of drug-likeness (QED) is 0.769. The van der Waals surface area contributed by atoms with E-state index < -0.39 is 0 Å². The molecular formula is C15H23NO2. The highest BCUT2D eigenvalue weighted by atomic mass is 16.2. The minimum Gasteiger partial charge on any atom is -0.343 e. The zero-order valence-corrected chi connectivity index (χ0v) is 11.4. The summed E-state index contributed by atoms with van der Waals surface area (Å²) in [5.41, 5.74) is -0.170. The van der Waals surface area contributed by atoms with E-state index in [1.54, 1.807) is 0 Å². The first-order valence-corrected chi connectivity index (χ1v) is 7.42. The summed E-state index contributed by atoms with van der Waals surface area (Å²) >= 11 is 0. The molecule has 0 aromatic heterocycles. The molecule has 0 aromatic rings. The van der Waals surface area contributed by atoms with Crippen molar-refractivity contribution in [1.29, 1.82) is 0 Å². The van der Waals surface area contributed by atoms with Crippen LogP contribution < -0.4 is 0 Å². The first-order chi connectivity index (χ1) is 8.59. The van der Waals surface area contributed by atoms with E-state index in [2.05, 4.69) is 0 Å². The second-order valence-electron chi connectivity index (χ2n) is 6.50. The van der Waals surface area contributed by atoms with Gasteiger partial charge in [-0.1, -0.05) is 0 Å². The van der Waals surface area contributed by atoms with E-state index in [9.17, 15) is 9.59 Å². The summed E-state index contributed by atoms with van der Waals surface area (Å²) in [6.07, 6.45) is 4.84. The lowest BCUT2D eigenvalue weighted by molar-refractivity contribution is -0.164. The summed E-state index contributed by atoms with van der Waals surface area (Å²) in [7, 11) is 0. The maximum Gasteiger partial charge on any atom is 0.228 e. The molecule has 4 fully saturated rings. The summed E-state index contributed by atoms with van der Waals surface area (Å²) in [5, 5.41) is 0. The van der Waals surface area contributed by atoms with E-state index in [1.807, 2.05) is 18.7 Å². The molecule has 0 saturated heterocycles. The van der Waals surface area contributed by atoms with E-state index in [0.717, 1.165) is 45.2 Å². The molecule has 3 heteroatoms. The van der Waals surface area contributed by atoms with E-state index >= 15 is 0 Å². The van der Waals surface area contributed by atoms with Gasteiger partial charge in [0.05, 0.1) is 5.41 Å². The molecule has 0 spiro atoms. The summed E-state index contributed by atoms with van der Waals surface area (Å²) in [6, 6.07) is 0. The van der Waals surface area contributed by atoms with E-state index in [1.165, 1.54) is 0 Å². The van der Waals surface area contributed by atoms with Gasteiger partial charge in [-0.25, -0.2) is 0 Å². The van der Waals surface area contributed by atoms with Gasteiger partial charge in [-0.05, 0) is 51.9 Å². The number of hydrogen-bond acceptors (Lipinski definition) is 2. The van der Waals surface area contributed by atoms with Crippen LogP contribution in [0.1, 0.15) is 46.0 Å². The lowest BCUT2D eigenvalue weighted by Gasteiger charge is -2.55. The third kappa shape index (κ3) is 1.55. The Morgan fingerprint density at radius 3 is 2.22 bits per heavy atom. The van der Waals surface area contributed by atoms with Crippen LogP contribution in [0, 0.1) is 23.2 Å². The zero-order valence-electron chi connectivity index (χ0n) is 11.4. The molecule has 4 aliphatic rings. The van der Waals surface area contributed by atoms with Crippen molar-refractivity contribution >= 4 is 11.7 Å². The molecule has 0 heterocycles. The first-order valence-electron chi connectivity index (χ1n) is 7.42. The number of Topliss-reactive ketones (excluding diaryl/α,β-unsaturated/α-hetero) is 1. The fraction of sp³-hybridized carbons (Fsp3) is 0.867. The highest BCUT2D eigenvalue weighted by Crippen LogP contribution is 2.59. The van der Waals surface area contributed by atoms with Crippen LogP contribution >= 0.6 is 0 Å². The van der Waals surface area contributed by atoms with E-state index in [4.69, 9.17) is 0 Å². The third-order valence-electron chi connectivity index (χ3n) is 5.50. The number of amides is 1.